The van der Waals surface area contributed by atoms with Crippen molar-refractivity contribution in [1.82, 2.24) is 0 Å². The van der Waals surface area contributed by atoms with Gasteiger partial charge >= 0.3 is 11.9 Å². The molecule has 0 saturated heterocycles. The van der Waals surface area contributed by atoms with Crippen molar-refractivity contribution in [2.24, 2.45) is 0 Å². The van der Waals surface area contributed by atoms with Crippen molar-refractivity contribution in [1.29, 1.82) is 5.26 Å². The van der Waals surface area contributed by atoms with Crippen LogP contribution in [0, 0.1) is 11.3 Å². The van der Waals surface area contributed by atoms with Gasteiger partial charge in [0.2, 0.25) is 0 Å². The van der Waals surface area contributed by atoms with Gasteiger partial charge in [-0.1, -0.05) is 36.4 Å². The molecular formula is C22H21N3O4. The Hall–Kier alpha value is -3.79. The number of methoxy groups -OCH3 is 1. The topological polar surface area (TPSA) is 91.7 Å². The van der Waals surface area contributed by atoms with E-state index in [-0.39, 0.29) is 24.4 Å². The van der Waals surface area contributed by atoms with Gasteiger partial charge in [0.15, 0.2) is 5.57 Å². The van der Waals surface area contributed by atoms with Crippen molar-refractivity contribution in [3.63, 3.8) is 0 Å². The lowest BCUT2D eigenvalue weighted by atomic mass is 9.95. The van der Waals surface area contributed by atoms with Gasteiger partial charge in [-0.2, -0.15) is 5.26 Å². The third-order valence-electron chi connectivity index (χ3n) is 4.58. The van der Waals surface area contributed by atoms with Crippen LogP contribution >= 0.6 is 0 Å². The summed E-state index contributed by atoms with van der Waals surface area (Å²) >= 11 is 0. The molecule has 2 aromatic carbocycles. The lowest BCUT2D eigenvalue weighted by Gasteiger charge is -2.41. The van der Waals surface area contributed by atoms with E-state index in [0.29, 0.717) is 5.69 Å². The number of nitriles is 1. The Bertz CT molecular complexity index is 979. The molecule has 0 fully saturated rings. The van der Waals surface area contributed by atoms with E-state index < -0.39 is 18.0 Å². The average Bonchev–Trinajstić information content (AvgIpc) is 2.75. The quantitative estimate of drug-likeness (QED) is 0.474. The number of hydrogen-bond donors (Lipinski definition) is 1. The van der Waals surface area contributed by atoms with Crippen LogP contribution in [-0.4, -0.2) is 25.7 Å². The summed E-state index contributed by atoms with van der Waals surface area (Å²) in [6, 6.07) is 18.2. The maximum Gasteiger partial charge on any atom is 0.352 e. The third kappa shape index (κ3) is 4.06. The molecule has 3 rings (SSSR count). The summed E-state index contributed by atoms with van der Waals surface area (Å²) in [4.78, 5) is 26.5. The molecule has 7 nitrogen and oxygen atoms in total. The molecule has 29 heavy (non-hydrogen) atoms. The van der Waals surface area contributed by atoms with Crippen LogP contribution in [0.15, 0.2) is 66.0 Å². The Balaban J connectivity index is 2.25. The van der Waals surface area contributed by atoms with Crippen LogP contribution in [0.1, 0.15) is 24.9 Å². The number of para-hydroxylation sites is 2. The summed E-state index contributed by atoms with van der Waals surface area (Å²) in [5.41, 5.74) is 2.11. The Morgan fingerprint density at radius 2 is 1.83 bits per heavy atom. The molecule has 2 aromatic rings. The van der Waals surface area contributed by atoms with E-state index in [4.69, 9.17) is 9.47 Å². The van der Waals surface area contributed by atoms with Crippen LogP contribution in [0.3, 0.4) is 0 Å². The summed E-state index contributed by atoms with van der Waals surface area (Å²) in [6.07, 6.45) is 0.0368. The highest BCUT2D eigenvalue weighted by molar-refractivity contribution is 5.96. The number of carbonyl (C=O) groups excluding carboxylic acids is 2. The number of nitrogens with zero attached hydrogens (tertiary/aromatic N) is 2. The zero-order chi connectivity index (χ0) is 20.8. The van der Waals surface area contributed by atoms with Crippen LogP contribution in [0.25, 0.3) is 0 Å². The minimum Gasteiger partial charge on any atom is -0.469 e. The first-order valence-electron chi connectivity index (χ1n) is 9.19. The van der Waals surface area contributed by atoms with Gasteiger partial charge < -0.3 is 19.7 Å². The number of nitrogens with one attached hydrogen (secondary N) is 1. The van der Waals surface area contributed by atoms with Gasteiger partial charge in [-0.05, 0) is 30.7 Å². The second-order valence-corrected chi connectivity index (χ2v) is 6.27. The molecule has 0 aliphatic carbocycles. The molecule has 1 atom stereocenters. The number of fused-ring (bicyclic) bond motifs is 1. The van der Waals surface area contributed by atoms with Crippen LogP contribution in [0.4, 0.5) is 11.4 Å². The highest BCUT2D eigenvalue weighted by Gasteiger charge is 2.36. The van der Waals surface area contributed by atoms with Gasteiger partial charge in [0, 0.05) is 11.4 Å². The Morgan fingerprint density at radius 3 is 2.48 bits per heavy atom. The van der Waals surface area contributed by atoms with Gasteiger partial charge in [-0.3, -0.25) is 4.79 Å². The molecule has 1 aliphatic heterocycles. The summed E-state index contributed by atoms with van der Waals surface area (Å²) in [6.45, 7) is 1.82. The van der Waals surface area contributed by atoms with Crippen LogP contribution < -0.4 is 10.2 Å². The fourth-order valence-electron chi connectivity index (χ4n) is 3.31. The fraction of sp³-hybridized carbons (Fsp3) is 0.227. The number of benzene rings is 2. The minimum absolute atomic E-state index is 0.0368. The summed E-state index contributed by atoms with van der Waals surface area (Å²) in [5.74, 6) is -0.860. The predicted molar refractivity (Wildman–Crippen MR) is 108 cm³/mol. The molecule has 7 heteroatoms. The van der Waals surface area contributed by atoms with Crippen molar-refractivity contribution >= 4 is 23.3 Å². The number of anilines is 2. The molecule has 1 unspecified atom stereocenters. The SMILES string of the molecule is CCOC(=O)/C(C#N)=C1\Nc2ccccc2C(CC(=O)OC)N1c1ccccc1. The Morgan fingerprint density at radius 1 is 1.14 bits per heavy atom. The number of carbonyl (C=O) groups is 2. The van der Waals surface area contributed by atoms with E-state index in [2.05, 4.69) is 5.32 Å². The van der Waals surface area contributed by atoms with E-state index in [1.54, 1.807) is 11.8 Å². The molecule has 1 N–H and O–H groups in total. The van der Waals surface area contributed by atoms with Crippen molar-refractivity contribution in [2.75, 3.05) is 23.9 Å². The van der Waals surface area contributed by atoms with Crippen LogP contribution in [0.5, 0.6) is 0 Å². The standard InChI is InChI=1S/C22H21N3O4/c1-3-29-22(27)17(14-23)21-24-18-12-8-7-11-16(18)19(13-20(26)28-2)25(21)15-9-5-4-6-10-15/h4-12,19,24H,3,13H2,1-2H3/b21-17+. The number of ether oxygens (including phenoxy) is 2. The first-order chi connectivity index (χ1) is 14.1. The Kier molecular flexibility index (Phi) is 6.15. The fourth-order valence-corrected chi connectivity index (χ4v) is 3.31. The second-order valence-electron chi connectivity index (χ2n) is 6.27. The second kappa shape index (κ2) is 8.93. The van der Waals surface area contributed by atoms with E-state index in [1.165, 1.54) is 7.11 Å². The van der Waals surface area contributed by atoms with E-state index in [1.807, 2.05) is 60.7 Å². The van der Waals surface area contributed by atoms with E-state index in [0.717, 1.165) is 11.3 Å². The van der Waals surface area contributed by atoms with Gasteiger partial charge in [-0.15, -0.1) is 0 Å². The molecule has 0 spiro atoms. The van der Waals surface area contributed by atoms with E-state index >= 15 is 0 Å². The smallest absolute Gasteiger partial charge is 0.352 e. The van der Waals surface area contributed by atoms with Crippen LogP contribution in [0.2, 0.25) is 0 Å². The molecular weight excluding hydrogens is 370 g/mol. The third-order valence-corrected chi connectivity index (χ3v) is 4.58. The molecule has 148 valence electrons. The van der Waals surface area contributed by atoms with E-state index in [9.17, 15) is 14.9 Å². The normalized spacial score (nSPS) is 16.7. The maximum absolute atomic E-state index is 12.5. The molecule has 0 aromatic heterocycles. The number of rotatable bonds is 5. The van der Waals surface area contributed by atoms with Gasteiger partial charge in [0.25, 0.3) is 0 Å². The molecule has 0 bridgehead atoms. The van der Waals surface area contributed by atoms with Gasteiger partial charge in [-0.25, -0.2) is 4.79 Å². The summed E-state index contributed by atoms with van der Waals surface area (Å²) in [5, 5.41) is 12.9. The maximum atomic E-state index is 12.5. The van der Waals surface area contributed by atoms with Crippen molar-refractivity contribution in [3.05, 3.63) is 71.6 Å². The molecule has 1 heterocycles. The lowest BCUT2D eigenvalue weighted by molar-refractivity contribution is -0.141. The van der Waals surface area contributed by atoms with Crippen LogP contribution in [-0.2, 0) is 19.1 Å². The van der Waals surface area contributed by atoms with Crippen molar-refractivity contribution in [3.8, 4) is 6.07 Å². The van der Waals surface area contributed by atoms with Crippen molar-refractivity contribution < 1.29 is 19.1 Å². The van der Waals surface area contributed by atoms with Crippen molar-refractivity contribution in [2.45, 2.75) is 19.4 Å². The first kappa shape index (κ1) is 20.0. The average molecular weight is 391 g/mol. The number of hydrogen-bond acceptors (Lipinski definition) is 7. The molecule has 0 radical (unpaired) electrons. The molecule has 0 amide bonds. The monoisotopic (exact) mass is 391 g/mol. The molecule has 1 aliphatic rings. The zero-order valence-electron chi connectivity index (χ0n) is 16.2. The van der Waals surface area contributed by atoms with Gasteiger partial charge in [0.05, 0.1) is 26.2 Å². The zero-order valence-corrected chi connectivity index (χ0v) is 16.2. The summed E-state index contributed by atoms with van der Waals surface area (Å²) in [7, 11) is 1.33. The number of esters is 2. The largest absolute Gasteiger partial charge is 0.469 e. The lowest BCUT2D eigenvalue weighted by Crippen LogP contribution is -2.39. The van der Waals surface area contributed by atoms with Gasteiger partial charge in [0.1, 0.15) is 11.9 Å². The predicted octanol–water partition coefficient (Wildman–Crippen LogP) is 3.52. The minimum atomic E-state index is -0.727. The highest BCUT2D eigenvalue weighted by Crippen LogP contribution is 2.42. The Labute approximate surface area is 169 Å². The molecule has 0 saturated carbocycles. The summed E-state index contributed by atoms with van der Waals surface area (Å²) < 4.78 is 9.98. The first-order valence-corrected chi connectivity index (χ1v) is 9.19. The highest BCUT2D eigenvalue weighted by atomic mass is 16.5.